The minimum atomic E-state index is 0.000765. The van der Waals surface area contributed by atoms with E-state index < -0.39 is 0 Å². The van der Waals surface area contributed by atoms with E-state index in [1.54, 1.807) is 7.05 Å². The Hall–Kier alpha value is -1.89. The summed E-state index contributed by atoms with van der Waals surface area (Å²) in [5.74, 6) is 0.881. The van der Waals surface area contributed by atoms with E-state index in [1.165, 1.54) is 0 Å². The lowest BCUT2D eigenvalue weighted by Crippen LogP contribution is -2.11. The fraction of sp³-hybridized carbons (Fsp3) is 0.308. The van der Waals surface area contributed by atoms with E-state index in [1.807, 2.05) is 38.1 Å². The van der Waals surface area contributed by atoms with Gasteiger partial charge in [-0.1, -0.05) is 22.0 Å². The summed E-state index contributed by atoms with van der Waals surface area (Å²) in [4.78, 5) is 12.6. The third-order valence-electron chi connectivity index (χ3n) is 2.26. The number of hydrogen-bond acceptors (Lipinski definition) is 6. The molecule has 2 rings (SSSR count). The van der Waals surface area contributed by atoms with E-state index in [4.69, 9.17) is 4.74 Å². The zero-order chi connectivity index (χ0) is 14.5. The summed E-state index contributed by atoms with van der Waals surface area (Å²) < 4.78 is 6.48. The Bertz CT molecular complexity index is 591. The summed E-state index contributed by atoms with van der Waals surface area (Å²) in [5.41, 5.74) is 0.878. The van der Waals surface area contributed by atoms with E-state index in [0.717, 1.165) is 10.2 Å². The van der Waals surface area contributed by atoms with Crippen LogP contribution in [0.1, 0.15) is 13.8 Å². The third kappa shape index (κ3) is 4.06. The molecule has 2 aromatic rings. The van der Waals surface area contributed by atoms with Gasteiger partial charge < -0.3 is 15.4 Å². The van der Waals surface area contributed by atoms with Gasteiger partial charge in [-0.15, -0.1) is 0 Å². The summed E-state index contributed by atoms with van der Waals surface area (Å²) in [6.07, 6.45) is 0.000765. The topological polar surface area (TPSA) is 72.0 Å². The Morgan fingerprint density at radius 2 is 1.90 bits per heavy atom. The van der Waals surface area contributed by atoms with Crippen molar-refractivity contribution in [3.63, 3.8) is 0 Å². The lowest BCUT2D eigenvalue weighted by Gasteiger charge is -2.11. The highest BCUT2D eigenvalue weighted by Crippen LogP contribution is 2.20. The first-order chi connectivity index (χ1) is 9.56. The molecule has 0 bridgehead atoms. The van der Waals surface area contributed by atoms with Crippen LogP contribution in [0.15, 0.2) is 28.7 Å². The van der Waals surface area contributed by atoms with Crippen LogP contribution in [0.5, 0.6) is 6.01 Å². The molecule has 0 saturated heterocycles. The molecule has 6 nitrogen and oxygen atoms in total. The molecule has 0 radical (unpaired) electrons. The highest BCUT2D eigenvalue weighted by atomic mass is 79.9. The normalized spacial score (nSPS) is 10.4. The van der Waals surface area contributed by atoms with Crippen molar-refractivity contribution < 1.29 is 4.74 Å². The molecule has 1 aromatic heterocycles. The predicted molar refractivity (Wildman–Crippen MR) is 82.6 cm³/mol. The van der Waals surface area contributed by atoms with E-state index in [0.29, 0.717) is 11.9 Å². The molecule has 0 unspecified atom stereocenters. The first-order valence-corrected chi connectivity index (χ1v) is 6.99. The maximum atomic E-state index is 5.51. The summed E-state index contributed by atoms with van der Waals surface area (Å²) in [5, 5.41) is 6.01. The van der Waals surface area contributed by atoms with Gasteiger partial charge in [0, 0.05) is 17.2 Å². The predicted octanol–water partition coefficient (Wildman–Crippen LogP) is 3.21. The van der Waals surface area contributed by atoms with Crippen molar-refractivity contribution >= 4 is 33.5 Å². The molecule has 20 heavy (non-hydrogen) atoms. The van der Waals surface area contributed by atoms with E-state index >= 15 is 0 Å². The average Bonchev–Trinajstić information content (AvgIpc) is 2.37. The van der Waals surface area contributed by atoms with Crippen LogP contribution in [0.4, 0.5) is 17.6 Å². The molecule has 0 amide bonds. The largest absolute Gasteiger partial charge is 0.461 e. The standard InChI is InChI=1S/C13H16BrN5O/c1-8(2)20-13-18-11(15-3)17-12(19-13)16-10-6-4-5-9(14)7-10/h4-8H,1-3H3,(H2,15,16,17,18,19). The lowest BCUT2D eigenvalue weighted by atomic mass is 10.3. The maximum absolute atomic E-state index is 5.51. The zero-order valence-electron chi connectivity index (χ0n) is 11.5. The highest BCUT2D eigenvalue weighted by molar-refractivity contribution is 9.10. The number of rotatable bonds is 5. The second kappa shape index (κ2) is 6.51. The monoisotopic (exact) mass is 337 g/mol. The van der Waals surface area contributed by atoms with E-state index in [9.17, 15) is 0 Å². The Morgan fingerprint density at radius 1 is 1.15 bits per heavy atom. The van der Waals surface area contributed by atoms with Crippen molar-refractivity contribution in [3.05, 3.63) is 28.7 Å². The first kappa shape index (κ1) is 14.5. The van der Waals surface area contributed by atoms with Gasteiger partial charge in [-0.2, -0.15) is 15.0 Å². The van der Waals surface area contributed by atoms with Crippen molar-refractivity contribution in [1.29, 1.82) is 0 Å². The minimum Gasteiger partial charge on any atom is -0.461 e. The number of nitrogens with one attached hydrogen (secondary N) is 2. The molecule has 1 heterocycles. The quantitative estimate of drug-likeness (QED) is 0.872. The molecule has 0 saturated carbocycles. The third-order valence-corrected chi connectivity index (χ3v) is 2.75. The fourth-order valence-electron chi connectivity index (χ4n) is 1.48. The van der Waals surface area contributed by atoms with Crippen LogP contribution < -0.4 is 15.4 Å². The molecule has 106 valence electrons. The van der Waals surface area contributed by atoms with Crippen molar-refractivity contribution in [3.8, 4) is 6.01 Å². The Morgan fingerprint density at radius 3 is 2.55 bits per heavy atom. The summed E-state index contributed by atoms with van der Waals surface area (Å²) in [7, 11) is 1.75. The van der Waals surface area contributed by atoms with Crippen molar-refractivity contribution in [1.82, 2.24) is 15.0 Å². The summed E-state index contributed by atoms with van der Waals surface area (Å²) >= 11 is 3.42. The van der Waals surface area contributed by atoms with Crippen LogP contribution in [-0.2, 0) is 0 Å². The molecule has 0 aliphatic carbocycles. The molecule has 0 spiro atoms. The molecule has 0 fully saturated rings. The number of aromatic nitrogens is 3. The van der Waals surface area contributed by atoms with Crippen LogP contribution in [0.25, 0.3) is 0 Å². The molecule has 7 heteroatoms. The molecule has 0 atom stereocenters. The molecule has 2 N–H and O–H groups in total. The molecule has 1 aromatic carbocycles. The Balaban J connectivity index is 2.26. The number of hydrogen-bond donors (Lipinski definition) is 2. The molecular weight excluding hydrogens is 322 g/mol. The number of anilines is 3. The van der Waals surface area contributed by atoms with Crippen LogP contribution >= 0.6 is 15.9 Å². The number of benzene rings is 1. The zero-order valence-corrected chi connectivity index (χ0v) is 13.1. The van der Waals surface area contributed by atoms with Gasteiger partial charge in [-0.25, -0.2) is 0 Å². The maximum Gasteiger partial charge on any atom is 0.323 e. The van der Waals surface area contributed by atoms with Gasteiger partial charge in [0.05, 0.1) is 6.10 Å². The van der Waals surface area contributed by atoms with Gasteiger partial charge in [-0.3, -0.25) is 0 Å². The molecule has 0 aliphatic rings. The molecule has 0 aliphatic heterocycles. The second-order valence-electron chi connectivity index (χ2n) is 4.32. The van der Waals surface area contributed by atoms with Gasteiger partial charge in [-0.05, 0) is 32.0 Å². The summed E-state index contributed by atoms with van der Waals surface area (Å²) in [6, 6.07) is 8.03. The Kier molecular flexibility index (Phi) is 4.73. The van der Waals surface area contributed by atoms with E-state index in [-0.39, 0.29) is 12.1 Å². The minimum absolute atomic E-state index is 0.000765. The Labute approximate surface area is 126 Å². The van der Waals surface area contributed by atoms with Gasteiger partial charge in [0.2, 0.25) is 11.9 Å². The van der Waals surface area contributed by atoms with Crippen molar-refractivity contribution in [2.75, 3.05) is 17.7 Å². The van der Waals surface area contributed by atoms with Crippen LogP contribution in [0.3, 0.4) is 0 Å². The molecular formula is C13H16BrN5O. The summed E-state index contributed by atoms with van der Waals surface area (Å²) in [6.45, 7) is 3.84. The number of halogens is 1. The van der Waals surface area contributed by atoms with E-state index in [2.05, 4.69) is 41.5 Å². The first-order valence-electron chi connectivity index (χ1n) is 6.20. The smallest absolute Gasteiger partial charge is 0.323 e. The average molecular weight is 338 g/mol. The van der Waals surface area contributed by atoms with Gasteiger partial charge in [0.1, 0.15) is 0 Å². The highest BCUT2D eigenvalue weighted by Gasteiger charge is 2.08. The van der Waals surface area contributed by atoms with Crippen LogP contribution in [0, 0.1) is 0 Å². The van der Waals surface area contributed by atoms with Gasteiger partial charge in [0.15, 0.2) is 0 Å². The van der Waals surface area contributed by atoms with Crippen molar-refractivity contribution in [2.45, 2.75) is 20.0 Å². The SMILES string of the molecule is CNc1nc(Nc2cccc(Br)c2)nc(OC(C)C)n1. The number of nitrogens with zero attached hydrogens (tertiary/aromatic N) is 3. The lowest BCUT2D eigenvalue weighted by molar-refractivity contribution is 0.222. The van der Waals surface area contributed by atoms with Crippen molar-refractivity contribution in [2.24, 2.45) is 0 Å². The van der Waals surface area contributed by atoms with Gasteiger partial charge in [0.25, 0.3) is 0 Å². The van der Waals surface area contributed by atoms with Crippen LogP contribution in [0.2, 0.25) is 0 Å². The van der Waals surface area contributed by atoms with Gasteiger partial charge >= 0.3 is 6.01 Å². The number of ether oxygens (including phenoxy) is 1. The second-order valence-corrected chi connectivity index (χ2v) is 5.23. The van der Waals surface area contributed by atoms with Crippen LogP contribution in [-0.4, -0.2) is 28.1 Å². The fourth-order valence-corrected chi connectivity index (χ4v) is 1.88.